The molecule has 7 nitrogen and oxygen atoms in total. The first-order valence-electron chi connectivity index (χ1n) is 10.2. The fourth-order valence-corrected chi connectivity index (χ4v) is 3.58. The van der Waals surface area contributed by atoms with E-state index in [1.807, 2.05) is 74.6 Å². The number of rotatable bonds is 6. The van der Waals surface area contributed by atoms with Crippen LogP contribution in [0.5, 0.6) is 5.88 Å². The standard InChI is InChI=1S/C25H24N4O3/c1-16-13-18(11-12-26-16)27-24(17-7-5-4-6-8-17)23-20-14-19(29(2)15-22(30)32-3)9-10-21(20)28-25(23)31/h4-14,28,31H,15H2,1-3H3. The summed E-state index contributed by atoms with van der Waals surface area (Å²) in [6, 6.07) is 19.1. The largest absolute Gasteiger partial charge is 0.494 e. The lowest BCUT2D eigenvalue weighted by molar-refractivity contribution is -0.138. The van der Waals surface area contributed by atoms with Gasteiger partial charge in [-0.05, 0) is 37.3 Å². The number of carbonyl (C=O) groups excluding carboxylic acids is 1. The Hall–Kier alpha value is -4.13. The minimum absolute atomic E-state index is 0.0288. The zero-order valence-electron chi connectivity index (χ0n) is 18.2. The van der Waals surface area contributed by atoms with Gasteiger partial charge in [-0.25, -0.2) is 4.99 Å². The molecule has 0 aliphatic rings. The van der Waals surface area contributed by atoms with E-state index in [2.05, 4.69) is 9.97 Å². The number of methoxy groups -OCH3 is 1. The highest BCUT2D eigenvalue weighted by Gasteiger charge is 2.20. The SMILES string of the molecule is COC(=O)CN(C)c1ccc2[nH]c(O)c(C(=Nc3ccnc(C)c3)c3ccccc3)c2c1. The molecule has 0 saturated heterocycles. The predicted octanol–water partition coefficient (Wildman–Crippen LogP) is 4.36. The van der Waals surface area contributed by atoms with E-state index in [1.54, 1.807) is 11.1 Å². The number of fused-ring (bicyclic) bond motifs is 1. The Labute approximate surface area is 186 Å². The maximum absolute atomic E-state index is 11.7. The van der Waals surface area contributed by atoms with Crippen molar-refractivity contribution in [2.24, 2.45) is 4.99 Å². The van der Waals surface area contributed by atoms with Gasteiger partial charge in [0.1, 0.15) is 6.54 Å². The van der Waals surface area contributed by atoms with Crippen molar-refractivity contribution in [2.75, 3.05) is 25.6 Å². The third-order valence-electron chi connectivity index (χ3n) is 5.20. The molecule has 0 amide bonds. The van der Waals surface area contributed by atoms with E-state index in [0.717, 1.165) is 33.5 Å². The molecule has 4 rings (SSSR count). The molecule has 0 atom stereocenters. The predicted molar refractivity (Wildman–Crippen MR) is 126 cm³/mol. The first-order valence-corrected chi connectivity index (χ1v) is 10.2. The van der Waals surface area contributed by atoms with Gasteiger partial charge in [-0.15, -0.1) is 0 Å². The van der Waals surface area contributed by atoms with Gasteiger partial charge >= 0.3 is 5.97 Å². The molecule has 2 aromatic heterocycles. The van der Waals surface area contributed by atoms with Crippen LogP contribution in [-0.4, -0.2) is 47.5 Å². The fourth-order valence-electron chi connectivity index (χ4n) is 3.58. The number of benzene rings is 2. The van der Waals surface area contributed by atoms with E-state index >= 15 is 0 Å². The number of pyridine rings is 1. The molecule has 2 aromatic carbocycles. The Balaban J connectivity index is 1.89. The van der Waals surface area contributed by atoms with Crippen LogP contribution in [-0.2, 0) is 9.53 Å². The lowest BCUT2D eigenvalue weighted by atomic mass is 10.0. The van der Waals surface area contributed by atoms with Crippen LogP contribution < -0.4 is 4.90 Å². The van der Waals surface area contributed by atoms with E-state index in [-0.39, 0.29) is 18.4 Å². The summed E-state index contributed by atoms with van der Waals surface area (Å²) < 4.78 is 4.78. The van der Waals surface area contributed by atoms with Crippen molar-refractivity contribution in [3.8, 4) is 5.88 Å². The average Bonchev–Trinajstić information content (AvgIpc) is 3.12. The van der Waals surface area contributed by atoms with Gasteiger partial charge in [0.05, 0.1) is 24.1 Å². The van der Waals surface area contributed by atoms with Gasteiger partial charge < -0.3 is 19.7 Å². The van der Waals surface area contributed by atoms with Crippen molar-refractivity contribution in [1.29, 1.82) is 0 Å². The average molecular weight is 428 g/mol. The van der Waals surface area contributed by atoms with Gasteiger partial charge in [0, 0.05) is 41.1 Å². The van der Waals surface area contributed by atoms with Crippen molar-refractivity contribution in [3.05, 3.63) is 83.7 Å². The summed E-state index contributed by atoms with van der Waals surface area (Å²) in [7, 11) is 3.18. The van der Waals surface area contributed by atoms with Gasteiger partial charge in [-0.3, -0.25) is 9.78 Å². The number of likely N-dealkylation sites (N-methyl/N-ethyl adjacent to an activating group) is 1. The maximum Gasteiger partial charge on any atom is 0.325 e. The number of aromatic nitrogens is 2. The Bertz CT molecular complexity index is 1300. The summed E-state index contributed by atoms with van der Waals surface area (Å²) in [6.45, 7) is 2.03. The number of nitrogens with zero attached hydrogens (tertiary/aromatic N) is 3. The molecule has 162 valence electrons. The molecule has 0 spiro atoms. The molecule has 2 heterocycles. The third-order valence-corrected chi connectivity index (χ3v) is 5.20. The zero-order valence-corrected chi connectivity index (χ0v) is 18.2. The summed E-state index contributed by atoms with van der Waals surface area (Å²) in [5, 5.41) is 11.7. The third kappa shape index (κ3) is 4.32. The first kappa shape index (κ1) is 21.1. The molecule has 0 saturated carbocycles. The van der Waals surface area contributed by atoms with Gasteiger partial charge in [0.2, 0.25) is 0 Å². The second-order valence-electron chi connectivity index (χ2n) is 7.49. The van der Waals surface area contributed by atoms with Gasteiger partial charge in [-0.1, -0.05) is 30.3 Å². The van der Waals surface area contributed by atoms with Crippen LogP contribution in [0.4, 0.5) is 11.4 Å². The molecule has 32 heavy (non-hydrogen) atoms. The van der Waals surface area contributed by atoms with E-state index < -0.39 is 0 Å². The van der Waals surface area contributed by atoms with Gasteiger partial charge in [0.25, 0.3) is 0 Å². The topological polar surface area (TPSA) is 90.8 Å². The Morgan fingerprint density at radius 2 is 1.94 bits per heavy atom. The summed E-state index contributed by atoms with van der Waals surface area (Å²) in [5.74, 6) is -0.300. The highest BCUT2D eigenvalue weighted by molar-refractivity contribution is 6.22. The normalized spacial score (nSPS) is 11.5. The molecule has 0 unspecified atom stereocenters. The van der Waals surface area contributed by atoms with Crippen LogP contribution in [0.3, 0.4) is 0 Å². The second kappa shape index (κ2) is 8.93. The number of hydrogen-bond acceptors (Lipinski definition) is 6. The van der Waals surface area contributed by atoms with Crippen LogP contribution in [0.1, 0.15) is 16.8 Å². The number of anilines is 1. The van der Waals surface area contributed by atoms with Crippen molar-refractivity contribution >= 4 is 34.0 Å². The number of esters is 1. The maximum atomic E-state index is 11.7. The van der Waals surface area contributed by atoms with Crippen molar-refractivity contribution in [1.82, 2.24) is 9.97 Å². The summed E-state index contributed by atoms with van der Waals surface area (Å²) in [5.41, 5.74) is 5.27. The monoisotopic (exact) mass is 428 g/mol. The van der Waals surface area contributed by atoms with Crippen LogP contribution in [0, 0.1) is 6.92 Å². The summed E-state index contributed by atoms with van der Waals surface area (Å²) in [6.07, 6.45) is 1.71. The molecular formula is C25H24N4O3. The van der Waals surface area contributed by atoms with Gasteiger partial charge in [-0.2, -0.15) is 0 Å². The van der Waals surface area contributed by atoms with E-state index in [0.29, 0.717) is 11.3 Å². The number of ether oxygens (including phenoxy) is 1. The van der Waals surface area contributed by atoms with E-state index in [9.17, 15) is 9.90 Å². The Morgan fingerprint density at radius 1 is 1.16 bits per heavy atom. The number of aliphatic imine (C=N–C) groups is 1. The highest BCUT2D eigenvalue weighted by atomic mass is 16.5. The van der Waals surface area contributed by atoms with Crippen molar-refractivity contribution < 1.29 is 14.6 Å². The molecule has 2 N–H and O–H groups in total. The molecule has 7 heteroatoms. The van der Waals surface area contributed by atoms with Crippen molar-refractivity contribution in [3.63, 3.8) is 0 Å². The molecule has 0 bridgehead atoms. The van der Waals surface area contributed by atoms with Crippen LogP contribution >= 0.6 is 0 Å². The Kier molecular flexibility index (Phi) is 5.89. The first-order chi connectivity index (χ1) is 15.5. The number of aromatic hydroxyl groups is 1. The molecule has 4 aromatic rings. The summed E-state index contributed by atoms with van der Waals surface area (Å²) >= 11 is 0. The number of hydrogen-bond donors (Lipinski definition) is 2. The minimum Gasteiger partial charge on any atom is -0.494 e. The number of H-pyrrole nitrogens is 1. The molecule has 0 aliphatic carbocycles. The van der Waals surface area contributed by atoms with E-state index in [4.69, 9.17) is 9.73 Å². The smallest absolute Gasteiger partial charge is 0.325 e. The quantitative estimate of drug-likeness (QED) is 0.352. The second-order valence-corrected chi connectivity index (χ2v) is 7.49. The zero-order chi connectivity index (χ0) is 22.7. The molecule has 0 fully saturated rings. The molecule has 0 aliphatic heterocycles. The number of aryl methyl sites for hydroxylation is 1. The lowest BCUT2D eigenvalue weighted by Crippen LogP contribution is -2.26. The Morgan fingerprint density at radius 3 is 2.66 bits per heavy atom. The van der Waals surface area contributed by atoms with Crippen LogP contribution in [0.2, 0.25) is 0 Å². The lowest BCUT2D eigenvalue weighted by Gasteiger charge is -2.18. The molecule has 0 radical (unpaired) electrons. The van der Waals surface area contributed by atoms with Crippen LogP contribution in [0.15, 0.2) is 71.9 Å². The van der Waals surface area contributed by atoms with Crippen molar-refractivity contribution in [2.45, 2.75) is 6.92 Å². The van der Waals surface area contributed by atoms with E-state index in [1.165, 1.54) is 7.11 Å². The number of aromatic amines is 1. The fraction of sp³-hybridized carbons (Fsp3) is 0.160. The number of nitrogens with one attached hydrogen (secondary N) is 1. The van der Waals surface area contributed by atoms with Gasteiger partial charge in [0.15, 0.2) is 5.88 Å². The highest BCUT2D eigenvalue weighted by Crippen LogP contribution is 2.33. The molecular weight excluding hydrogens is 404 g/mol. The minimum atomic E-state index is -0.329. The number of carbonyl (C=O) groups is 1. The van der Waals surface area contributed by atoms with Crippen LogP contribution in [0.25, 0.3) is 10.9 Å². The summed E-state index contributed by atoms with van der Waals surface area (Å²) in [4.78, 5) is 25.7.